The number of hydrogen-bond donors (Lipinski definition) is 1. The van der Waals surface area contributed by atoms with Crippen molar-refractivity contribution in [3.63, 3.8) is 0 Å². The Balaban J connectivity index is 0.00000256. The monoisotopic (exact) mass is 396 g/mol. The number of likely N-dealkylation sites (tertiary alicyclic amines) is 1. The van der Waals surface area contributed by atoms with Crippen LogP contribution in [0.1, 0.15) is 91.2 Å². The topological polar surface area (TPSA) is 32.3 Å². The van der Waals surface area contributed by atoms with E-state index < -0.39 is 0 Å². The summed E-state index contributed by atoms with van der Waals surface area (Å²) in [6.45, 7) is 12.4. The molecule has 0 saturated carbocycles. The summed E-state index contributed by atoms with van der Waals surface area (Å²) in [5, 5.41) is 3.20. The van der Waals surface area contributed by atoms with E-state index in [0.29, 0.717) is 5.41 Å². The van der Waals surface area contributed by atoms with Gasteiger partial charge in [-0.3, -0.25) is 4.79 Å². The van der Waals surface area contributed by atoms with E-state index in [4.69, 9.17) is 0 Å². The molecule has 160 valence electrons. The Morgan fingerprint density at radius 2 is 1.93 bits per heavy atom. The molecule has 1 saturated heterocycles. The van der Waals surface area contributed by atoms with Crippen molar-refractivity contribution in [1.29, 1.82) is 0 Å². The molecule has 1 N–H and O–H groups in total. The van der Waals surface area contributed by atoms with Crippen molar-refractivity contribution in [1.82, 2.24) is 10.2 Å². The van der Waals surface area contributed by atoms with Gasteiger partial charge in [0, 0.05) is 20.3 Å². The minimum Gasteiger partial charge on any atom is -0.349 e. The average molecular weight is 397 g/mol. The molecule has 0 aromatic heterocycles. The highest BCUT2D eigenvalue weighted by Crippen LogP contribution is 2.51. The lowest BCUT2D eigenvalue weighted by atomic mass is 9.71. The maximum atomic E-state index is 11.7. The van der Waals surface area contributed by atoms with Crippen molar-refractivity contribution in [2.75, 3.05) is 19.6 Å². The van der Waals surface area contributed by atoms with Gasteiger partial charge in [0.1, 0.15) is 0 Å². The summed E-state index contributed by atoms with van der Waals surface area (Å²) in [5.74, 6) is 0.0815. The quantitative estimate of drug-likeness (QED) is 0.656. The zero-order chi connectivity index (χ0) is 20.6. The standard InChI is InChI=1S/C26H38N2O.H2/c1-19-8-7-12-25(3,4)22(19)11-15-28-16-13-26(14-17-28)18-24(27-20(2)29)21-9-5-6-10-23(21)26;/h5-6,9-10,24H,7-8,11-18H2,1-4H3,(H,27,29);1H/t24-;/m0./s1. The van der Waals surface area contributed by atoms with Crippen LogP contribution in [0.15, 0.2) is 35.4 Å². The van der Waals surface area contributed by atoms with E-state index in [-0.39, 0.29) is 18.8 Å². The summed E-state index contributed by atoms with van der Waals surface area (Å²) >= 11 is 0. The summed E-state index contributed by atoms with van der Waals surface area (Å²) in [6.07, 6.45) is 8.70. The van der Waals surface area contributed by atoms with Crippen molar-refractivity contribution in [3.8, 4) is 0 Å². The first-order valence-electron chi connectivity index (χ1n) is 11.6. The maximum Gasteiger partial charge on any atom is 0.217 e. The second-order valence-corrected chi connectivity index (χ2v) is 10.4. The van der Waals surface area contributed by atoms with E-state index in [2.05, 4.69) is 55.3 Å². The average Bonchev–Trinajstić information content (AvgIpc) is 2.95. The molecule has 1 heterocycles. The molecule has 2 aliphatic carbocycles. The van der Waals surface area contributed by atoms with Gasteiger partial charge in [-0.2, -0.15) is 0 Å². The van der Waals surface area contributed by atoms with Crippen LogP contribution < -0.4 is 5.32 Å². The van der Waals surface area contributed by atoms with E-state index in [9.17, 15) is 4.79 Å². The summed E-state index contributed by atoms with van der Waals surface area (Å²) in [7, 11) is 0. The lowest BCUT2D eigenvalue weighted by Gasteiger charge is -2.41. The number of nitrogens with zero attached hydrogens (tertiary/aromatic N) is 1. The molecule has 1 spiro atoms. The fraction of sp³-hybridized carbons (Fsp3) is 0.654. The first-order valence-corrected chi connectivity index (χ1v) is 11.6. The Morgan fingerprint density at radius 3 is 2.62 bits per heavy atom. The largest absolute Gasteiger partial charge is 0.349 e. The van der Waals surface area contributed by atoms with Gasteiger partial charge in [-0.05, 0) is 81.5 Å². The van der Waals surface area contributed by atoms with Gasteiger partial charge in [0.25, 0.3) is 0 Å². The van der Waals surface area contributed by atoms with E-state index in [1.54, 1.807) is 18.1 Å². The Labute approximate surface area is 178 Å². The predicted octanol–water partition coefficient (Wildman–Crippen LogP) is 5.76. The lowest BCUT2D eigenvalue weighted by molar-refractivity contribution is -0.119. The third-order valence-electron chi connectivity index (χ3n) is 8.06. The third-order valence-corrected chi connectivity index (χ3v) is 8.06. The Kier molecular flexibility index (Phi) is 5.63. The molecule has 1 fully saturated rings. The van der Waals surface area contributed by atoms with Crippen LogP contribution in [-0.4, -0.2) is 30.4 Å². The molecule has 0 bridgehead atoms. The van der Waals surface area contributed by atoms with Crippen LogP contribution in [-0.2, 0) is 10.2 Å². The third kappa shape index (κ3) is 4.03. The zero-order valence-electron chi connectivity index (χ0n) is 18.8. The molecule has 1 aliphatic heterocycles. The fourth-order valence-corrected chi connectivity index (χ4v) is 6.44. The minimum absolute atomic E-state index is 0. The van der Waals surface area contributed by atoms with Gasteiger partial charge in [0.05, 0.1) is 6.04 Å². The van der Waals surface area contributed by atoms with E-state index in [1.807, 2.05) is 0 Å². The molecular formula is C26H40N2O. The molecule has 3 nitrogen and oxygen atoms in total. The van der Waals surface area contributed by atoms with E-state index >= 15 is 0 Å². The first kappa shape index (κ1) is 20.7. The van der Waals surface area contributed by atoms with Gasteiger partial charge in [-0.25, -0.2) is 0 Å². The molecule has 0 radical (unpaired) electrons. The van der Waals surface area contributed by atoms with Crippen LogP contribution in [0.5, 0.6) is 0 Å². The van der Waals surface area contributed by atoms with E-state index in [0.717, 1.165) is 6.42 Å². The summed E-state index contributed by atoms with van der Waals surface area (Å²) in [6, 6.07) is 9.00. The van der Waals surface area contributed by atoms with Crippen molar-refractivity contribution < 1.29 is 6.22 Å². The SMILES string of the molecule is CC(=O)N[C@H]1CC2(CCN(CCC3=C(C)CCCC3(C)C)CC2)c2ccccc21.[HH]. The molecule has 0 unspecified atom stereocenters. The molecule has 3 heteroatoms. The number of piperidine rings is 1. The van der Waals surface area contributed by atoms with Crippen LogP contribution in [0.25, 0.3) is 0 Å². The number of carbonyl (C=O) groups excluding carboxylic acids is 1. The Morgan fingerprint density at radius 1 is 1.21 bits per heavy atom. The normalized spacial score (nSPS) is 25.9. The number of rotatable bonds is 4. The van der Waals surface area contributed by atoms with Gasteiger partial charge >= 0.3 is 0 Å². The molecular weight excluding hydrogens is 356 g/mol. The number of carbonyl (C=O) groups is 1. The second kappa shape index (κ2) is 7.91. The van der Waals surface area contributed by atoms with Crippen LogP contribution >= 0.6 is 0 Å². The number of allylic oxidation sites excluding steroid dienone is 1. The Hall–Kier alpha value is -1.61. The number of amides is 1. The minimum atomic E-state index is 0. The van der Waals surface area contributed by atoms with Gasteiger partial charge in [0.15, 0.2) is 0 Å². The number of nitrogens with one attached hydrogen (secondary N) is 1. The van der Waals surface area contributed by atoms with Gasteiger partial charge in [0.2, 0.25) is 5.91 Å². The highest BCUT2D eigenvalue weighted by Gasteiger charge is 2.45. The summed E-state index contributed by atoms with van der Waals surface area (Å²) < 4.78 is 0. The number of hydrogen-bond acceptors (Lipinski definition) is 2. The van der Waals surface area contributed by atoms with Gasteiger partial charge in [-0.15, -0.1) is 0 Å². The summed E-state index contributed by atoms with van der Waals surface area (Å²) in [4.78, 5) is 14.4. The van der Waals surface area contributed by atoms with Gasteiger partial charge < -0.3 is 10.2 Å². The number of fused-ring (bicyclic) bond motifs is 2. The maximum absolute atomic E-state index is 11.7. The van der Waals surface area contributed by atoms with Crippen LogP contribution in [0.2, 0.25) is 0 Å². The smallest absolute Gasteiger partial charge is 0.217 e. The van der Waals surface area contributed by atoms with Crippen LogP contribution in [0.4, 0.5) is 0 Å². The van der Waals surface area contributed by atoms with Crippen LogP contribution in [0, 0.1) is 5.41 Å². The molecule has 1 amide bonds. The lowest BCUT2D eigenvalue weighted by Crippen LogP contribution is -2.42. The summed E-state index contributed by atoms with van der Waals surface area (Å²) in [5.41, 5.74) is 6.85. The number of benzene rings is 1. The van der Waals surface area contributed by atoms with E-state index in [1.165, 1.54) is 69.3 Å². The molecule has 29 heavy (non-hydrogen) atoms. The molecule has 1 atom stereocenters. The van der Waals surface area contributed by atoms with Crippen molar-refractivity contribution in [2.45, 2.75) is 84.1 Å². The fourth-order valence-electron chi connectivity index (χ4n) is 6.44. The van der Waals surface area contributed by atoms with Crippen molar-refractivity contribution in [3.05, 3.63) is 46.5 Å². The molecule has 1 aromatic rings. The first-order chi connectivity index (χ1) is 13.8. The molecule has 4 rings (SSSR count). The van der Waals surface area contributed by atoms with Gasteiger partial charge in [-0.1, -0.05) is 49.3 Å². The molecule has 3 aliphatic rings. The van der Waals surface area contributed by atoms with Crippen molar-refractivity contribution in [2.24, 2.45) is 5.41 Å². The molecule has 1 aromatic carbocycles. The van der Waals surface area contributed by atoms with Crippen molar-refractivity contribution >= 4 is 5.91 Å². The predicted molar refractivity (Wildman–Crippen MR) is 122 cm³/mol. The highest BCUT2D eigenvalue weighted by atomic mass is 16.1. The zero-order valence-corrected chi connectivity index (χ0v) is 18.8. The highest BCUT2D eigenvalue weighted by molar-refractivity contribution is 5.73. The Bertz CT molecular complexity index is 805. The van der Waals surface area contributed by atoms with Crippen LogP contribution in [0.3, 0.4) is 0 Å². The second-order valence-electron chi connectivity index (χ2n) is 10.4.